The molecule has 4 rings (SSSR count). The summed E-state index contributed by atoms with van der Waals surface area (Å²) in [6, 6.07) is 15.6. The van der Waals surface area contributed by atoms with Crippen LogP contribution < -0.4 is 4.74 Å². The fourth-order valence-corrected chi connectivity index (χ4v) is 4.51. The summed E-state index contributed by atoms with van der Waals surface area (Å²) in [5.41, 5.74) is 2.34. The van der Waals surface area contributed by atoms with Gasteiger partial charge in [-0.05, 0) is 50.3 Å². The van der Waals surface area contributed by atoms with Crippen LogP contribution in [0.25, 0.3) is 0 Å². The van der Waals surface area contributed by atoms with Crippen LogP contribution in [0.3, 0.4) is 0 Å². The van der Waals surface area contributed by atoms with E-state index < -0.39 is 5.72 Å². The highest BCUT2D eigenvalue weighted by Crippen LogP contribution is 2.36. The lowest BCUT2D eigenvalue weighted by Gasteiger charge is -2.31. The predicted molar refractivity (Wildman–Crippen MR) is 117 cm³/mol. The zero-order valence-electron chi connectivity index (χ0n) is 17.8. The van der Waals surface area contributed by atoms with E-state index in [0.29, 0.717) is 22.9 Å². The molecule has 0 unspecified atom stereocenters. The topological polar surface area (TPSA) is 62.1 Å². The third-order valence-corrected chi connectivity index (χ3v) is 6.19. The van der Waals surface area contributed by atoms with Gasteiger partial charge in [0.05, 0.1) is 0 Å². The number of aryl methyl sites for hydroxylation is 1. The Morgan fingerprint density at radius 2 is 1.73 bits per heavy atom. The van der Waals surface area contributed by atoms with Crippen molar-refractivity contribution in [1.29, 1.82) is 0 Å². The number of carbonyl (C=O) groups excluding carboxylic acids is 1. The first-order chi connectivity index (χ1) is 14.5. The van der Waals surface area contributed by atoms with Crippen molar-refractivity contribution in [2.45, 2.75) is 64.0 Å². The smallest absolute Gasteiger partial charge is 0.283 e. The van der Waals surface area contributed by atoms with Gasteiger partial charge in [-0.15, -0.1) is 0 Å². The SMILES string of the molecule is CC1=NN(C(=O)COc2ccc(C3CCCCC3)cc2)[C@](O)(c2ccc(C)cc2)C1. The standard InChI is InChI=1S/C25H30N2O3/c1-18-8-12-22(13-9-18)25(29)16-19(2)26-27(25)24(28)17-30-23-14-10-21(11-15-23)20-6-4-3-5-7-20/h8-15,20,29H,3-7,16-17H2,1-2H3/t25-/m1/s1. The van der Waals surface area contributed by atoms with Crippen LogP contribution in [0.1, 0.15) is 68.1 Å². The number of hydrogen-bond donors (Lipinski definition) is 1. The second kappa shape index (κ2) is 8.60. The maximum atomic E-state index is 12.9. The molecule has 0 saturated heterocycles. The van der Waals surface area contributed by atoms with Crippen LogP contribution in [0.4, 0.5) is 0 Å². The second-order valence-corrected chi connectivity index (χ2v) is 8.59. The lowest BCUT2D eigenvalue weighted by atomic mass is 9.84. The van der Waals surface area contributed by atoms with Crippen molar-refractivity contribution < 1.29 is 14.6 Å². The summed E-state index contributed by atoms with van der Waals surface area (Å²) in [4.78, 5) is 12.9. The molecule has 1 heterocycles. The highest BCUT2D eigenvalue weighted by atomic mass is 16.5. The van der Waals surface area contributed by atoms with E-state index in [2.05, 4.69) is 17.2 Å². The first-order valence-corrected chi connectivity index (χ1v) is 10.8. The van der Waals surface area contributed by atoms with Crippen LogP contribution in [0.2, 0.25) is 0 Å². The third kappa shape index (κ3) is 4.26. The average Bonchev–Trinajstić information content (AvgIpc) is 3.08. The number of hydrogen-bond acceptors (Lipinski definition) is 4. The first kappa shape index (κ1) is 20.6. The zero-order valence-corrected chi connectivity index (χ0v) is 17.8. The molecule has 5 nitrogen and oxygen atoms in total. The number of benzene rings is 2. The van der Waals surface area contributed by atoms with Gasteiger partial charge < -0.3 is 9.84 Å². The third-order valence-electron chi connectivity index (χ3n) is 6.19. The van der Waals surface area contributed by atoms with Crippen LogP contribution >= 0.6 is 0 Å². The molecule has 0 aromatic heterocycles. The zero-order chi connectivity index (χ0) is 21.1. The van der Waals surface area contributed by atoms with Crippen molar-refractivity contribution in [3.05, 3.63) is 65.2 Å². The predicted octanol–water partition coefficient (Wildman–Crippen LogP) is 4.88. The fraction of sp³-hybridized carbons (Fsp3) is 0.440. The summed E-state index contributed by atoms with van der Waals surface area (Å²) >= 11 is 0. The highest BCUT2D eigenvalue weighted by molar-refractivity contribution is 5.89. The molecule has 5 heteroatoms. The summed E-state index contributed by atoms with van der Waals surface area (Å²) in [5.74, 6) is 0.925. The average molecular weight is 407 g/mol. The number of hydrazone groups is 1. The highest BCUT2D eigenvalue weighted by Gasteiger charge is 2.44. The molecule has 2 aromatic carbocycles. The summed E-state index contributed by atoms with van der Waals surface area (Å²) in [6.45, 7) is 3.63. The molecule has 1 amide bonds. The Hall–Kier alpha value is -2.66. The second-order valence-electron chi connectivity index (χ2n) is 8.59. The van der Waals surface area contributed by atoms with E-state index in [-0.39, 0.29) is 18.9 Å². The van der Waals surface area contributed by atoms with E-state index in [1.807, 2.05) is 50.2 Å². The Balaban J connectivity index is 1.41. The monoisotopic (exact) mass is 406 g/mol. The van der Waals surface area contributed by atoms with Crippen LogP contribution in [-0.2, 0) is 10.5 Å². The van der Waals surface area contributed by atoms with E-state index in [9.17, 15) is 9.90 Å². The fourth-order valence-electron chi connectivity index (χ4n) is 4.51. The minimum absolute atomic E-state index is 0.173. The van der Waals surface area contributed by atoms with Crippen molar-refractivity contribution >= 4 is 11.6 Å². The van der Waals surface area contributed by atoms with Crippen molar-refractivity contribution in [2.24, 2.45) is 5.10 Å². The lowest BCUT2D eigenvalue weighted by Crippen LogP contribution is -2.45. The van der Waals surface area contributed by atoms with Gasteiger partial charge in [-0.25, -0.2) is 0 Å². The molecule has 1 atom stereocenters. The Bertz CT molecular complexity index is 914. The van der Waals surface area contributed by atoms with Crippen LogP contribution in [0.5, 0.6) is 5.75 Å². The largest absolute Gasteiger partial charge is 0.484 e. The summed E-state index contributed by atoms with van der Waals surface area (Å²) in [7, 11) is 0. The van der Waals surface area contributed by atoms with Crippen LogP contribution in [-0.4, -0.2) is 28.3 Å². The Labute approximate surface area is 178 Å². The molecule has 0 radical (unpaired) electrons. The molecule has 0 spiro atoms. The Morgan fingerprint density at radius 3 is 2.40 bits per heavy atom. The molecule has 30 heavy (non-hydrogen) atoms. The van der Waals surface area contributed by atoms with E-state index in [0.717, 1.165) is 5.56 Å². The van der Waals surface area contributed by atoms with Gasteiger partial charge in [0.25, 0.3) is 5.91 Å². The Morgan fingerprint density at radius 1 is 1.07 bits per heavy atom. The summed E-state index contributed by atoms with van der Waals surface area (Å²) in [5, 5.41) is 16.7. The maximum absolute atomic E-state index is 12.9. The summed E-state index contributed by atoms with van der Waals surface area (Å²) in [6.07, 6.45) is 6.74. The molecule has 1 N–H and O–H groups in total. The molecule has 0 bridgehead atoms. The molecular weight excluding hydrogens is 376 g/mol. The maximum Gasteiger partial charge on any atom is 0.283 e. The van der Waals surface area contributed by atoms with E-state index in [4.69, 9.17) is 4.74 Å². The Kier molecular flexibility index (Phi) is 5.91. The van der Waals surface area contributed by atoms with Gasteiger partial charge in [-0.2, -0.15) is 10.1 Å². The number of nitrogens with zero attached hydrogens (tertiary/aromatic N) is 2. The van der Waals surface area contributed by atoms with Crippen LogP contribution in [0, 0.1) is 6.92 Å². The van der Waals surface area contributed by atoms with Gasteiger partial charge in [-0.3, -0.25) is 4.79 Å². The normalized spacial score (nSPS) is 22.1. The molecule has 1 aliphatic carbocycles. The number of carbonyl (C=O) groups is 1. The van der Waals surface area contributed by atoms with Crippen molar-refractivity contribution in [3.8, 4) is 5.75 Å². The molecule has 1 fully saturated rings. The van der Waals surface area contributed by atoms with Gasteiger partial charge in [0.15, 0.2) is 12.3 Å². The van der Waals surface area contributed by atoms with Crippen molar-refractivity contribution in [3.63, 3.8) is 0 Å². The lowest BCUT2D eigenvalue weighted by molar-refractivity contribution is -0.159. The number of ether oxygens (including phenoxy) is 1. The van der Waals surface area contributed by atoms with Gasteiger partial charge in [0.2, 0.25) is 0 Å². The minimum atomic E-state index is -1.47. The molecular formula is C25H30N2O3. The molecule has 2 aromatic rings. The number of rotatable bonds is 5. The molecule has 1 saturated carbocycles. The summed E-state index contributed by atoms with van der Waals surface area (Å²) < 4.78 is 5.73. The van der Waals surface area contributed by atoms with Gasteiger partial charge in [-0.1, -0.05) is 61.2 Å². The number of amides is 1. The van der Waals surface area contributed by atoms with Crippen molar-refractivity contribution in [1.82, 2.24) is 5.01 Å². The van der Waals surface area contributed by atoms with E-state index in [1.165, 1.54) is 42.7 Å². The number of aliphatic hydroxyl groups is 1. The van der Waals surface area contributed by atoms with E-state index in [1.54, 1.807) is 0 Å². The quantitative estimate of drug-likeness (QED) is 0.770. The van der Waals surface area contributed by atoms with Crippen molar-refractivity contribution in [2.75, 3.05) is 6.61 Å². The van der Waals surface area contributed by atoms with Gasteiger partial charge in [0.1, 0.15) is 5.75 Å². The molecule has 1 aliphatic heterocycles. The minimum Gasteiger partial charge on any atom is -0.484 e. The first-order valence-electron chi connectivity index (χ1n) is 10.8. The van der Waals surface area contributed by atoms with Gasteiger partial charge >= 0.3 is 0 Å². The van der Waals surface area contributed by atoms with Gasteiger partial charge in [0, 0.05) is 17.7 Å². The van der Waals surface area contributed by atoms with Crippen LogP contribution in [0.15, 0.2) is 53.6 Å². The molecule has 2 aliphatic rings. The molecule has 158 valence electrons. The van der Waals surface area contributed by atoms with E-state index >= 15 is 0 Å².